The van der Waals surface area contributed by atoms with Gasteiger partial charge in [-0.3, -0.25) is 24.5 Å². The normalized spacial score (nSPS) is 15.7. The molecular weight excluding hydrogens is 558 g/mol. The highest BCUT2D eigenvalue weighted by molar-refractivity contribution is 6.01. The number of nitrogens with one attached hydrogen (secondary N) is 2. The molecule has 44 heavy (non-hydrogen) atoms. The summed E-state index contributed by atoms with van der Waals surface area (Å²) in [6.45, 7) is 4.42. The minimum Gasteiger partial charge on any atom is -0.423 e. The van der Waals surface area contributed by atoms with Crippen LogP contribution < -0.4 is 15.5 Å². The SMILES string of the molecule is CC(CCC(=O)NC=O)N1Cc2cc(C(=O)NCC3CCN(c4ncc(-c5cccc6ccccc56)o4)CC3)ccc2C1=O. The van der Waals surface area contributed by atoms with E-state index in [1.807, 2.05) is 25.1 Å². The zero-order chi connectivity index (χ0) is 30.6. The quantitative estimate of drug-likeness (QED) is 0.259. The molecule has 2 aliphatic rings. The first-order valence-corrected chi connectivity index (χ1v) is 15.0. The van der Waals surface area contributed by atoms with E-state index in [9.17, 15) is 19.2 Å². The zero-order valence-corrected chi connectivity index (χ0v) is 24.6. The molecule has 10 heteroatoms. The molecule has 4 aromatic rings. The number of rotatable bonds is 10. The molecule has 226 valence electrons. The summed E-state index contributed by atoms with van der Waals surface area (Å²) in [5.41, 5.74) is 2.93. The molecular formula is C34H35N5O5. The summed E-state index contributed by atoms with van der Waals surface area (Å²) in [5, 5.41) is 7.49. The van der Waals surface area contributed by atoms with E-state index in [0.717, 1.165) is 53.6 Å². The Bertz CT molecular complexity index is 1700. The predicted molar refractivity (Wildman–Crippen MR) is 166 cm³/mol. The average Bonchev–Trinajstić information content (AvgIpc) is 3.67. The minimum atomic E-state index is -0.371. The number of imide groups is 1. The molecule has 4 amide bonds. The van der Waals surface area contributed by atoms with E-state index in [4.69, 9.17) is 4.42 Å². The lowest BCUT2D eigenvalue weighted by atomic mass is 9.97. The van der Waals surface area contributed by atoms with Crippen LogP contribution in [0.2, 0.25) is 0 Å². The van der Waals surface area contributed by atoms with Gasteiger partial charge in [0.1, 0.15) is 0 Å². The van der Waals surface area contributed by atoms with Gasteiger partial charge in [0.05, 0.1) is 6.20 Å². The van der Waals surface area contributed by atoms with Crippen molar-refractivity contribution in [1.82, 2.24) is 20.5 Å². The lowest BCUT2D eigenvalue weighted by molar-refractivity contribution is -0.125. The molecule has 1 fully saturated rings. The van der Waals surface area contributed by atoms with E-state index < -0.39 is 0 Å². The van der Waals surface area contributed by atoms with Gasteiger partial charge in [-0.1, -0.05) is 42.5 Å². The number of carbonyl (C=O) groups excluding carboxylic acids is 4. The molecule has 10 nitrogen and oxygen atoms in total. The number of piperidine rings is 1. The van der Waals surface area contributed by atoms with Gasteiger partial charge < -0.3 is 19.5 Å². The Kier molecular flexibility index (Phi) is 8.40. The monoisotopic (exact) mass is 593 g/mol. The van der Waals surface area contributed by atoms with Gasteiger partial charge in [-0.25, -0.2) is 4.98 Å². The average molecular weight is 594 g/mol. The van der Waals surface area contributed by atoms with Crippen molar-refractivity contribution in [2.45, 2.75) is 45.2 Å². The van der Waals surface area contributed by atoms with Crippen LogP contribution >= 0.6 is 0 Å². The van der Waals surface area contributed by atoms with Gasteiger partial charge in [0.25, 0.3) is 17.8 Å². The van der Waals surface area contributed by atoms with Crippen molar-refractivity contribution in [2.24, 2.45) is 5.92 Å². The van der Waals surface area contributed by atoms with Crippen LogP contribution in [0.3, 0.4) is 0 Å². The third-order valence-electron chi connectivity index (χ3n) is 8.73. The third-order valence-corrected chi connectivity index (χ3v) is 8.73. The standard InChI is InChI=1S/C34H35N5O5/c1-22(9-12-31(41)37-21-40)39-20-26-17-25(10-11-28(26)33(39)43)32(42)35-18-23-13-15-38(16-14-23)34-36-19-30(44-34)29-8-4-6-24-5-2-3-7-27(24)29/h2-8,10-11,17,19,21-23H,9,12-16,18,20H2,1H3,(H,35,42)(H,37,40,41). The number of anilines is 1. The first-order valence-electron chi connectivity index (χ1n) is 15.0. The van der Waals surface area contributed by atoms with Crippen molar-refractivity contribution in [3.05, 3.63) is 83.6 Å². The van der Waals surface area contributed by atoms with Gasteiger partial charge in [-0.05, 0) is 66.6 Å². The van der Waals surface area contributed by atoms with Gasteiger partial charge in [-0.15, -0.1) is 0 Å². The van der Waals surface area contributed by atoms with E-state index in [1.54, 1.807) is 29.3 Å². The van der Waals surface area contributed by atoms with Crippen LogP contribution in [-0.4, -0.2) is 59.7 Å². The van der Waals surface area contributed by atoms with Crippen molar-refractivity contribution in [2.75, 3.05) is 24.5 Å². The second-order valence-electron chi connectivity index (χ2n) is 11.6. The second kappa shape index (κ2) is 12.7. The molecule has 1 aromatic heterocycles. The summed E-state index contributed by atoms with van der Waals surface area (Å²) < 4.78 is 6.20. The fourth-order valence-corrected chi connectivity index (χ4v) is 6.12. The second-order valence-corrected chi connectivity index (χ2v) is 11.6. The molecule has 1 saturated heterocycles. The summed E-state index contributed by atoms with van der Waals surface area (Å²) in [4.78, 5) is 56.4. The molecule has 2 N–H and O–H groups in total. The maximum absolute atomic E-state index is 13.0. The highest BCUT2D eigenvalue weighted by atomic mass is 16.4. The van der Waals surface area contributed by atoms with Crippen molar-refractivity contribution in [1.29, 1.82) is 0 Å². The Morgan fingerprint density at radius 3 is 2.68 bits per heavy atom. The number of oxazole rings is 1. The summed E-state index contributed by atoms with van der Waals surface area (Å²) in [6, 6.07) is 20.0. The number of hydrogen-bond donors (Lipinski definition) is 2. The topological polar surface area (TPSA) is 125 Å². The fraction of sp³-hybridized carbons (Fsp3) is 0.324. The van der Waals surface area contributed by atoms with E-state index in [1.165, 1.54) is 0 Å². The highest BCUT2D eigenvalue weighted by Crippen LogP contribution is 2.32. The van der Waals surface area contributed by atoms with Crippen molar-refractivity contribution in [3.8, 4) is 11.3 Å². The van der Waals surface area contributed by atoms with Gasteiger partial charge in [0.2, 0.25) is 12.3 Å². The highest BCUT2D eigenvalue weighted by Gasteiger charge is 2.31. The third kappa shape index (κ3) is 6.06. The molecule has 2 aliphatic heterocycles. The van der Waals surface area contributed by atoms with Crippen LogP contribution in [0, 0.1) is 5.92 Å². The number of carbonyl (C=O) groups is 4. The zero-order valence-electron chi connectivity index (χ0n) is 24.6. The molecule has 0 spiro atoms. The maximum atomic E-state index is 13.0. The fourth-order valence-electron chi connectivity index (χ4n) is 6.12. The Hall–Kier alpha value is -4.99. The van der Waals surface area contributed by atoms with Crippen molar-refractivity contribution in [3.63, 3.8) is 0 Å². The van der Waals surface area contributed by atoms with E-state index in [-0.39, 0.29) is 30.2 Å². The van der Waals surface area contributed by atoms with Crippen LogP contribution in [-0.2, 0) is 16.1 Å². The van der Waals surface area contributed by atoms with Crippen molar-refractivity contribution < 1.29 is 23.6 Å². The Morgan fingerprint density at radius 2 is 1.86 bits per heavy atom. The molecule has 1 atom stereocenters. The smallest absolute Gasteiger partial charge is 0.297 e. The molecule has 3 aromatic carbocycles. The van der Waals surface area contributed by atoms with E-state index in [2.05, 4.69) is 44.8 Å². The Labute approximate surface area is 255 Å². The molecule has 3 heterocycles. The van der Waals surface area contributed by atoms with Gasteiger partial charge in [-0.2, -0.15) is 0 Å². The number of nitrogens with zero attached hydrogens (tertiary/aromatic N) is 3. The van der Waals surface area contributed by atoms with Crippen molar-refractivity contribution >= 4 is 40.9 Å². The summed E-state index contributed by atoms with van der Waals surface area (Å²) in [6.07, 6.45) is 4.55. The summed E-state index contributed by atoms with van der Waals surface area (Å²) in [7, 11) is 0. The summed E-state index contributed by atoms with van der Waals surface area (Å²) in [5.74, 6) is 0.446. The van der Waals surface area contributed by atoms with E-state index in [0.29, 0.717) is 49.0 Å². The first-order chi connectivity index (χ1) is 21.4. The number of benzene rings is 3. The number of amides is 4. The number of fused-ring (bicyclic) bond motifs is 2. The summed E-state index contributed by atoms with van der Waals surface area (Å²) >= 11 is 0. The van der Waals surface area contributed by atoms with Crippen LogP contribution in [0.1, 0.15) is 58.9 Å². The lowest BCUT2D eigenvalue weighted by Gasteiger charge is -2.30. The molecule has 0 bridgehead atoms. The Balaban J connectivity index is 0.997. The predicted octanol–water partition coefficient (Wildman–Crippen LogP) is 4.54. The largest absolute Gasteiger partial charge is 0.423 e. The maximum Gasteiger partial charge on any atom is 0.297 e. The van der Waals surface area contributed by atoms with Crippen LogP contribution in [0.15, 0.2) is 71.3 Å². The van der Waals surface area contributed by atoms with Crippen LogP contribution in [0.5, 0.6) is 0 Å². The van der Waals surface area contributed by atoms with Crippen LogP contribution in [0.25, 0.3) is 22.1 Å². The van der Waals surface area contributed by atoms with Gasteiger partial charge >= 0.3 is 0 Å². The van der Waals surface area contributed by atoms with Crippen LogP contribution in [0.4, 0.5) is 6.01 Å². The minimum absolute atomic E-state index is 0.114. The molecule has 0 aliphatic carbocycles. The van der Waals surface area contributed by atoms with E-state index >= 15 is 0 Å². The van der Waals surface area contributed by atoms with Gasteiger partial charge in [0, 0.05) is 55.3 Å². The lowest BCUT2D eigenvalue weighted by Crippen LogP contribution is -2.38. The first kappa shape index (κ1) is 29.1. The molecule has 0 saturated carbocycles. The van der Waals surface area contributed by atoms with Gasteiger partial charge in [0.15, 0.2) is 5.76 Å². The molecule has 6 rings (SSSR count). The Morgan fingerprint density at radius 1 is 1.07 bits per heavy atom. The molecule has 0 radical (unpaired) electrons. The molecule has 1 unspecified atom stereocenters. The number of aromatic nitrogens is 1. The number of hydrogen-bond acceptors (Lipinski definition) is 7.